The zero-order chi connectivity index (χ0) is 14.9. The van der Waals surface area contributed by atoms with E-state index in [1.807, 2.05) is 31.5 Å². The van der Waals surface area contributed by atoms with Crippen LogP contribution in [-0.4, -0.2) is 15.6 Å². The molecule has 0 saturated carbocycles. The number of hydrogen-bond acceptors (Lipinski definition) is 2. The van der Waals surface area contributed by atoms with Gasteiger partial charge in [0.15, 0.2) is 5.78 Å². The molecule has 2 rings (SSSR count). The maximum atomic E-state index is 12.4. The van der Waals surface area contributed by atoms with Crippen LogP contribution in [0.15, 0.2) is 22.7 Å². The third kappa shape index (κ3) is 2.96. The van der Waals surface area contributed by atoms with E-state index in [-0.39, 0.29) is 5.78 Å². The summed E-state index contributed by atoms with van der Waals surface area (Å²) >= 11 is 9.50. The summed E-state index contributed by atoms with van der Waals surface area (Å²) in [4.78, 5) is 12.4. The van der Waals surface area contributed by atoms with E-state index in [0.717, 1.165) is 28.0 Å². The van der Waals surface area contributed by atoms with Gasteiger partial charge in [-0.15, -0.1) is 0 Å². The van der Waals surface area contributed by atoms with E-state index in [2.05, 4.69) is 21.0 Å². The Labute approximate surface area is 132 Å². The molecule has 3 nitrogen and oxygen atoms in total. The zero-order valence-corrected chi connectivity index (χ0v) is 14.0. The van der Waals surface area contributed by atoms with Crippen molar-refractivity contribution in [2.24, 2.45) is 0 Å². The summed E-state index contributed by atoms with van der Waals surface area (Å²) in [5, 5.41) is 5.08. The number of aromatic nitrogens is 2. The summed E-state index contributed by atoms with van der Waals surface area (Å²) in [5.41, 5.74) is 3.42. The molecule has 1 heterocycles. The Morgan fingerprint density at radius 3 is 2.70 bits per heavy atom. The zero-order valence-electron chi connectivity index (χ0n) is 11.7. The SMILES string of the molecule is CCn1nc(C)c(Br)c1CC(=O)c1ccc(Cl)c(C)c1. The van der Waals surface area contributed by atoms with Gasteiger partial charge >= 0.3 is 0 Å². The average Bonchev–Trinajstić information content (AvgIpc) is 2.69. The van der Waals surface area contributed by atoms with Crippen LogP contribution in [0.5, 0.6) is 0 Å². The first-order chi connectivity index (χ1) is 9.43. The number of aryl methyl sites for hydroxylation is 3. The number of hydrogen-bond donors (Lipinski definition) is 0. The smallest absolute Gasteiger partial charge is 0.168 e. The monoisotopic (exact) mass is 354 g/mol. The van der Waals surface area contributed by atoms with Gasteiger partial charge in [-0.3, -0.25) is 9.48 Å². The predicted octanol–water partition coefficient (Wildman–Crippen LogP) is 4.36. The van der Waals surface area contributed by atoms with Crippen LogP contribution in [0.25, 0.3) is 0 Å². The summed E-state index contributed by atoms with van der Waals surface area (Å²) in [6.07, 6.45) is 0.330. The highest BCUT2D eigenvalue weighted by molar-refractivity contribution is 9.10. The van der Waals surface area contributed by atoms with E-state index in [1.54, 1.807) is 12.1 Å². The van der Waals surface area contributed by atoms with Crippen molar-refractivity contribution in [2.75, 3.05) is 0 Å². The summed E-state index contributed by atoms with van der Waals surface area (Å²) in [7, 11) is 0. The topological polar surface area (TPSA) is 34.9 Å². The van der Waals surface area contributed by atoms with E-state index >= 15 is 0 Å². The molecule has 0 aliphatic heterocycles. The number of carbonyl (C=O) groups excluding carboxylic acids is 1. The van der Waals surface area contributed by atoms with Crippen molar-refractivity contribution in [3.8, 4) is 0 Å². The van der Waals surface area contributed by atoms with Gasteiger partial charge in [-0.25, -0.2) is 0 Å². The molecule has 20 heavy (non-hydrogen) atoms. The Balaban J connectivity index is 2.30. The van der Waals surface area contributed by atoms with Gasteiger partial charge in [-0.05, 0) is 60.5 Å². The van der Waals surface area contributed by atoms with Crippen molar-refractivity contribution in [1.82, 2.24) is 9.78 Å². The molecule has 0 bridgehead atoms. The van der Waals surface area contributed by atoms with Crippen molar-refractivity contribution in [2.45, 2.75) is 33.7 Å². The Bertz CT molecular complexity index is 664. The number of halogens is 2. The second kappa shape index (κ2) is 6.10. The maximum Gasteiger partial charge on any atom is 0.168 e. The van der Waals surface area contributed by atoms with Crippen LogP contribution >= 0.6 is 27.5 Å². The highest BCUT2D eigenvalue weighted by Crippen LogP contribution is 2.23. The summed E-state index contributed by atoms with van der Waals surface area (Å²) in [5.74, 6) is 0.0695. The molecule has 0 saturated heterocycles. The molecule has 0 aliphatic rings. The highest BCUT2D eigenvalue weighted by Gasteiger charge is 2.17. The van der Waals surface area contributed by atoms with Gasteiger partial charge in [-0.1, -0.05) is 11.6 Å². The minimum Gasteiger partial charge on any atom is -0.294 e. The molecule has 0 unspecified atom stereocenters. The van der Waals surface area contributed by atoms with Gasteiger partial charge in [-0.2, -0.15) is 5.10 Å². The first-order valence-corrected chi connectivity index (χ1v) is 7.62. The third-order valence-electron chi connectivity index (χ3n) is 3.26. The number of nitrogens with zero attached hydrogens (tertiary/aromatic N) is 2. The van der Waals surface area contributed by atoms with Crippen LogP contribution in [0.4, 0.5) is 0 Å². The molecule has 0 amide bonds. The van der Waals surface area contributed by atoms with Crippen LogP contribution in [0.3, 0.4) is 0 Å². The summed E-state index contributed by atoms with van der Waals surface area (Å²) < 4.78 is 2.78. The lowest BCUT2D eigenvalue weighted by molar-refractivity contribution is 0.0990. The van der Waals surface area contributed by atoms with Gasteiger partial charge in [0.05, 0.1) is 22.3 Å². The van der Waals surface area contributed by atoms with Crippen molar-refractivity contribution >= 4 is 33.3 Å². The number of benzene rings is 1. The lowest BCUT2D eigenvalue weighted by Gasteiger charge is -2.06. The predicted molar refractivity (Wildman–Crippen MR) is 84.6 cm³/mol. The molecule has 0 radical (unpaired) electrons. The van der Waals surface area contributed by atoms with E-state index in [0.29, 0.717) is 17.0 Å². The van der Waals surface area contributed by atoms with E-state index in [4.69, 9.17) is 11.6 Å². The molecule has 0 atom stereocenters. The fourth-order valence-corrected chi connectivity index (χ4v) is 2.65. The minimum atomic E-state index is 0.0695. The third-order valence-corrected chi connectivity index (χ3v) is 4.72. The normalized spacial score (nSPS) is 10.8. The molecular formula is C15H16BrClN2O. The van der Waals surface area contributed by atoms with E-state index in [1.165, 1.54) is 0 Å². The molecule has 1 aromatic heterocycles. The second-order valence-electron chi connectivity index (χ2n) is 4.73. The van der Waals surface area contributed by atoms with Gasteiger partial charge in [0.2, 0.25) is 0 Å². The average molecular weight is 356 g/mol. The molecule has 106 valence electrons. The fourth-order valence-electron chi connectivity index (χ4n) is 2.11. The number of carbonyl (C=O) groups is 1. The Morgan fingerprint density at radius 2 is 2.10 bits per heavy atom. The molecule has 5 heteroatoms. The fraction of sp³-hybridized carbons (Fsp3) is 0.333. The van der Waals surface area contributed by atoms with Crippen molar-refractivity contribution < 1.29 is 4.79 Å². The number of Topliss-reactive ketones (excluding diaryl/α,β-unsaturated/α-hetero) is 1. The van der Waals surface area contributed by atoms with Gasteiger partial charge in [0.1, 0.15) is 0 Å². The first-order valence-electron chi connectivity index (χ1n) is 6.45. The van der Waals surface area contributed by atoms with E-state index < -0.39 is 0 Å². The minimum absolute atomic E-state index is 0.0695. The van der Waals surface area contributed by atoms with Crippen molar-refractivity contribution in [3.05, 3.63) is 50.2 Å². The maximum absolute atomic E-state index is 12.4. The van der Waals surface area contributed by atoms with Crippen molar-refractivity contribution in [1.29, 1.82) is 0 Å². The first kappa shape index (κ1) is 15.3. The number of rotatable bonds is 4. The van der Waals surface area contributed by atoms with Crippen LogP contribution in [-0.2, 0) is 13.0 Å². The molecule has 0 spiro atoms. The summed E-state index contributed by atoms with van der Waals surface area (Å²) in [6, 6.07) is 5.37. The Kier molecular flexibility index (Phi) is 4.66. The molecule has 0 N–H and O–H groups in total. The molecular weight excluding hydrogens is 340 g/mol. The molecule has 1 aromatic carbocycles. The van der Waals surface area contributed by atoms with Gasteiger partial charge < -0.3 is 0 Å². The van der Waals surface area contributed by atoms with Gasteiger partial charge in [0, 0.05) is 17.1 Å². The standard InChI is InChI=1S/C15H16BrClN2O/c1-4-19-13(15(16)10(3)18-19)8-14(20)11-5-6-12(17)9(2)7-11/h5-7H,4,8H2,1-3H3. The largest absolute Gasteiger partial charge is 0.294 e. The highest BCUT2D eigenvalue weighted by atomic mass is 79.9. The number of ketones is 1. The van der Waals surface area contributed by atoms with Crippen LogP contribution in [0.2, 0.25) is 5.02 Å². The van der Waals surface area contributed by atoms with Crippen LogP contribution < -0.4 is 0 Å². The van der Waals surface area contributed by atoms with Crippen LogP contribution in [0.1, 0.15) is 34.2 Å². The molecule has 2 aromatic rings. The quantitative estimate of drug-likeness (QED) is 0.764. The lowest BCUT2D eigenvalue weighted by Crippen LogP contribution is -2.10. The van der Waals surface area contributed by atoms with E-state index in [9.17, 15) is 4.79 Å². The Hall–Kier alpha value is -1.13. The van der Waals surface area contributed by atoms with Crippen LogP contribution in [0, 0.1) is 13.8 Å². The molecule has 0 fully saturated rings. The Morgan fingerprint density at radius 1 is 1.40 bits per heavy atom. The lowest BCUT2D eigenvalue weighted by atomic mass is 10.0. The van der Waals surface area contributed by atoms with Crippen molar-refractivity contribution in [3.63, 3.8) is 0 Å². The van der Waals surface area contributed by atoms with Gasteiger partial charge in [0.25, 0.3) is 0 Å². The molecule has 0 aliphatic carbocycles. The second-order valence-corrected chi connectivity index (χ2v) is 5.93. The summed E-state index contributed by atoms with van der Waals surface area (Å²) in [6.45, 7) is 6.58.